The molecule has 1 saturated heterocycles. The van der Waals surface area contributed by atoms with Crippen LogP contribution in [0.1, 0.15) is 42.1 Å². The highest BCUT2D eigenvalue weighted by Crippen LogP contribution is 2.29. The summed E-state index contributed by atoms with van der Waals surface area (Å²) in [5, 5.41) is 2.45. The van der Waals surface area contributed by atoms with Crippen LogP contribution in [0.15, 0.2) is 29.3 Å². The van der Waals surface area contributed by atoms with E-state index in [1.807, 2.05) is 0 Å². The molecule has 0 radical (unpaired) electrons. The number of ether oxygens (including phenoxy) is 1. The minimum atomic E-state index is -4.50. The summed E-state index contributed by atoms with van der Waals surface area (Å²) in [5.74, 6) is -0.679. The van der Waals surface area contributed by atoms with Crippen molar-refractivity contribution in [3.05, 3.63) is 35.4 Å². The van der Waals surface area contributed by atoms with Crippen LogP contribution in [0.4, 0.5) is 13.2 Å². The van der Waals surface area contributed by atoms with E-state index in [-0.39, 0.29) is 11.6 Å². The summed E-state index contributed by atoms with van der Waals surface area (Å²) >= 11 is 0. The summed E-state index contributed by atoms with van der Waals surface area (Å²) in [7, 11) is 0. The molecule has 0 aromatic heterocycles. The molecule has 1 fully saturated rings. The number of hydrogen-bond donors (Lipinski definition) is 1. The van der Waals surface area contributed by atoms with E-state index in [1.165, 1.54) is 31.4 Å². The van der Waals surface area contributed by atoms with Crippen LogP contribution in [0.2, 0.25) is 0 Å². The second kappa shape index (κ2) is 9.56. The largest absolute Gasteiger partial charge is 0.465 e. The molecule has 0 bridgehead atoms. The molecule has 1 aliphatic rings. The van der Waals surface area contributed by atoms with E-state index in [0.717, 1.165) is 31.8 Å². The number of amidine groups is 1. The number of benzene rings is 1. The van der Waals surface area contributed by atoms with Gasteiger partial charge in [0.25, 0.3) is 11.9 Å². The van der Waals surface area contributed by atoms with Crippen molar-refractivity contribution in [3.63, 3.8) is 0 Å². The van der Waals surface area contributed by atoms with E-state index >= 15 is 0 Å². The molecule has 144 valence electrons. The first-order chi connectivity index (χ1) is 12.4. The molecule has 2 rings (SSSR count). The number of nitrogens with one attached hydrogen (secondary N) is 1. The third-order valence-corrected chi connectivity index (χ3v) is 4.07. The smallest absolute Gasteiger partial charge is 0.416 e. The number of piperidine rings is 1. The molecular formula is C18H24F3N3O2. The van der Waals surface area contributed by atoms with Crippen LogP contribution in [0.25, 0.3) is 0 Å². The maximum absolute atomic E-state index is 12.8. The van der Waals surface area contributed by atoms with E-state index < -0.39 is 17.6 Å². The normalized spacial score (nSPS) is 16.4. The van der Waals surface area contributed by atoms with Gasteiger partial charge in [0.1, 0.15) is 0 Å². The summed E-state index contributed by atoms with van der Waals surface area (Å²) in [5.41, 5.74) is -0.964. The molecule has 26 heavy (non-hydrogen) atoms. The number of carbonyl (C=O) groups is 1. The number of nitrogens with zero attached hydrogens (tertiary/aromatic N) is 2. The third-order valence-electron chi connectivity index (χ3n) is 4.07. The maximum Gasteiger partial charge on any atom is 0.416 e. The van der Waals surface area contributed by atoms with Crippen LogP contribution in [-0.2, 0) is 10.9 Å². The molecule has 1 amide bonds. The second-order valence-corrected chi connectivity index (χ2v) is 6.05. The average Bonchev–Trinajstić information content (AvgIpc) is 2.62. The van der Waals surface area contributed by atoms with Crippen LogP contribution in [0.3, 0.4) is 0 Å². The fourth-order valence-electron chi connectivity index (χ4n) is 2.74. The lowest BCUT2D eigenvalue weighted by Gasteiger charge is -2.25. The lowest BCUT2D eigenvalue weighted by Crippen LogP contribution is -2.35. The van der Waals surface area contributed by atoms with Crippen LogP contribution in [0.5, 0.6) is 0 Å². The Balaban J connectivity index is 1.97. The van der Waals surface area contributed by atoms with Gasteiger partial charge in [-0.2, -0.15) is 13.2 Å². The number of rotatable bonds is 5. The van der Waals surface area contributed by atoms with Crippen LogP contribution in [0, 0.1) is 0 Å². The molecule has 1 aliphatic heterocycles. The lowest BCUT2D eigenvalue weighted by molar-refractivity contribution is -0.137. The van der Waals surface area contributed by atoms with Crippen LogP contribution >= 0.6 is 0 Å². The maximum atomic E-state index is 12.8. The quantitative estimate of drug-likeness (QED) is 0.638. The zero-order valence-corrected chi connectivity index (χ0v) is 14.8. The van der Waals surface area contributed by atoms with E-state index in [1.54, 1.807) is 6.92 Å². The summed E-state index contributed by atoms with van der Waals surface area (Å²) in [6, 6.07) is 4.29. The second-order valence-electron chi connectivity index (χ2n) is 6.05. The highest BCUT2D eigenvalue weighted by molar-refractivity contribution is 6.04. The van der Waals surface area contributed by atoms with Gasteiger partial charge < -0.3 is 9.64 Å². The first kappa shape index (κ1) is 20.2. The van der Waals surface area contributed by atoms with Gasteiger partial charge in [-0.05, 0) is 51.1 Å². The van der Waals surface area contributed by atoms with Crippen molar-refractivity contribution in [2.45, 2.75) is 32.4 Å². The predicted molar refractivity (Wildman–Crippen MR) is 93.1 cm³/mol. The van der Waals surface area contributed by atoms with Gasteiger partial charge in [0.2, 0.25) is 0 Å². The number of carbonyl (C=O) groups excluding carboxylic acids is 1. The van der Waals surface area contributed by atoms with Crippen molar-refractivity contribution in [1.29, 1.82) is 0 Å². The molecule has 0 saturated carbocycles. The zero-order valence-electron chi connectivity index (χ0n) is 14.8. The van der Waals surface area contributed by atoms with Gasteiger partial charge in [-0.3, -0.25) is 10.1 Å². The van der Waals surface area contributed by atoms with Crippen LogP contribution in [-0.4, -0.2) is 49.6 Å². The van der Waals surface area contributed by atoms with Crippen molar-refractivity contribution in [3.8, 4) is 0 Å². The number of hydrogen-bond acceptors (Lipinski definition) is 4. The van der Waals surface area contributed by atoms with Gasteiger partial charge in [-0.1, -0.05) is 12.5 Å². The number of likely N-dealkylation sites (tertiary alicyclic amines) is 1. The number of aliphatic imine (C=N–C) groups is 1. The highest BCUT2D eigenvalue weighted by atomic mass is 19.4. The Kier molecular flexibility index (Phi) is 7.44. The lowest BCUT2D eigenvalue weighted by atomic mass is 10.1. The fourth-order valence-corrected chi connectivity index (χ4v) is 2.74. The predicted octanol–water partition coefficient (Wildman–Crippen LogP) is 3.31. The molecule has 1 aromatic carbocycles. The highest BCUT2D eigenvalue weighted by Gasteiger charge is 2.31. The van der Waals surface area contributed by atoms with Gasteiger partial charge >= 0.3 is 6.18 Å². The summed E-state index contributed by atoms with van der Waals surface area (Å²) in [6.45, 7) is 5.34. The van der Waals surface area contributed by atoms with Crippen molar-refractivity contribution in [1.82, 2.24) is 10.2 Å². The van der Waals surface area contributed by atoms with Gasteiger partial charge in [0, 0.05) is 12.1 Å². The van der Waals surface area contributed by atoms with E-state index in [4.69, 9.17) is 4.74 Å². The van der Waals surface area contributed by atoms with E-state index in [0.29, 0.717) is 13.2 Å². The minimum Gasteiger partial charge on any atom is -0.465 e. The minimum absolute atomic E-state index is 0.0342. The van der Waals surface area contributed by atoms with Gasteiger partial charge in [0.15, 0.2) is 0 Å². The standard InChI is InChI=1S/C18H24F3N3O2/c1-2-26-17(22-9-12-24-10-4-3-5-11-24)23-16(25)14-7-6-8-15(13-14)18(19,20)21/h6-8,13H,2-5,9-12H2,1H3,(H,22,23,25). The summed E-state index contributed by atoms with van der Waals surface area (Å²) < 4.78 is 43.6. The van der Waals surface area contributed by atoms with Crippen molar-refractivity contribution in [2.75, 3.05) is 32.8 Å². The molecule has 0 unspecified atom stereocenters. The van der Waals surface area contributed by atoms with Crippen LogP contribution < -0.4 is 5.32 Å². The fraction of sp³-hybridized carbons (Fsp3) is 0.556. The number of amides is 1. The molecular weight excluding hydrogens is 347 g/mol. The Morgan fingerprint density at radius 3 is 2.65 bits per heavy atom. The van der Waals surface area contributed by atoms with Crippen molar-refractivity contribution < 1.29 is 22.7 Å². The Labute approximate surface area is 151 Å². The molecule has 0 atom stereocenters. The zero-order chi connectivity index (χ0) is 19.0. The summed E-state index contributed by atoms with van der Waals surface area (Å²) in [6.07, 6.45) is -0.902. The van der Waals surface area contributed by atoms with Gasteiger partial charge in [-0.15, -0.1) is 0 Å². The van der Waals surface area contributed by atoms with Gasteiger partial charge in [-0.25, -0.2) is 4.99 Å². The number of alkyl halides is 3. The van der Waals surface area contributed by atoms with E-state index in [9.17, 15) is 18.0 Å². The Hall–Kier alpha value is -2.09. The SMILES string of the molecule is CCOC(=NCCN1CCCCC1)NC(=O)c1cccc(C(F)(F)F)c1. The molecule has 5 nitrogen and oxygen atoms in total. The Morgan fingerprint density at radius 2 is 2.00 bits per heavy atom. The Morgan fingerprint density at radius 1 is 1.27 bits per heavy atom. The number of halogens is 3. The molecule has 1 aromatic rings. The molecule has 1 heterocycles. The van der Waals surface area contributed by atoms with E-state index in [2.05, 4.69) is 15.2 Å². The first-order valence-electron chi connectivity index (χ1n) is 8.78. The monoisotopic (exact) mass is 371 g/mol. The topological polar surface area (TPSA) is 53.9 Å². The van der Waals surface area contributed by atoms with Crippen molar-refractivity contribution in [2.24, 2.45) is 4.99 Å². The molecule has 1 N–H and O–H groups in total. The molecule has 0 aliphatic carbocycles. The van der Waals surface area contributed by atoms with Crippen molar-refractivity contribution >= 4 is 11.9 Å². The van der Waals surface area contributed by atoms with Gasteiger partial charge in [0.05, 0.1) is 18.7 Å². The third kappa shape index (κ3) is 6.33. The molecule has 0 spiro atoms. The first-order valence-corrected chi connectivity index (χ1v) is 8.78. The average molecular weight is 371 g/mol. The summed E-state index contributed by atoms with van der Waals surface area (Å²) in [4.78, 5) is 18.8. The molecule has 8 heteroatoms. The Bertz CT molecular complexity index is 626.